The van der Waals surface area contributed by atoms with E-state index in [1.54, 1.807) is 6.92 Å². The topological polar surface area (TPSA) is 41.1 Å². The molecule has 1 fully saturated rings. The molecule has 0 bridgehead atoms. The van der Waals surface area contributed by atoms with Gasteiger partial charge in [-0.1, -0.05) is 19.8 Å². The molecule has 15 heavy (non-hydrogen) atoms. The second-order valence-corrected chi connectivity index (χ2v) is 4.82. The summed E-state index contributed by atoms with van der Waals surface area (Å²) in [6, 6.07) is 0. The van der Waals surface area contributed by atoms with E-state index in [0.717, 1.165) is 31.5 Å². The van der Waals surface area contributed by atoms with Gasteiger partial charge >= 0.3 is 0 Å². The van der Waals surface area contributed by atoms with Gasteiger partial charge in [-0.05, 0) is 31.2 Å². The lowest BCUT2D eigenvalue weighted by molar-refractivity contribution is -0.118. The van der Waals surface area contributed by atoms with Gasteiger partial charge < -0.3 is 10.6 Å². The molecule has 3 heteroatoms. The van der Waals surface area contributed by atoms with Crippen LogP contribution < -0.4 is 10.6 Å². The fraction of sp³-hybridized carbons (Fsp3) is 0.917. The maximum absolute atomic E-state index is 10.6. The first-order valence-electron chi connectivity index (χ1n) is 6.13. The van der Waals surface area contributed by atoms with Gasteiger partial charge in [-0.25, -0.2) is 0 Å². The van der Waals surface area contributed by atoms with E-state index in [1.165, 1.54) is 25.7 Å². The fourth-order valence-corrected chi connectivity index (χ4v) is 2.38. The Kier molecular flexibility index (Phi) is 5.69. The van der Waals surface area contributed by atoms with Crippen molar-refractivity contribution in [3.63, 3.8) is 0 Å². The summed E-state index contributed by atoms with van der Waals surface area (Å²) in [6.45, 7) is 6.66. The van der Waals surface area contributed by atoms with Crippen molar-refractivity contribution in [1.82, 2.24) is 10.6 Å². The van der Waals surface area contributed by atoms with Crippen molar-refractivity contribution >= 4 is 5.91 Å². The van der Waals surface area contributed by atoms with E-state index in [9.17, 15) is 4.79 Å². The van der Waals surface area contributed by atoms with Crippen LogP contribution in [0.25, 0.3) is 0 Å². The summed E-state index contributed by atoms with van der Waals surface area (Å²) in [6.07, 6.45) is 5.53. The van der Waals surface area contributed by atoms with Crippen LogP contribution in [-0.2, 0) is 4.79 Å². The molecule has 88 valence electrons. The molecule has 2 atom stereocenters. The lowest BCUT2D eigenvalue weighted by Crippen LogP contribution is -2.33. The predicted molar refractivity (Wildman–Crippen MR) is 62.7 cm³/mol. The van der Waals surface area contributed by atoms with Crippen molar-refractivity contribution in [3.05, 3.63) is 0 Å². The quantitative estimate of drug-likeness (QED) is 0.679. The molecule has 2 N–H and O–H groups in total. The Morgan fingerprint density at radius 1 is 1.33 bits per heavy atom. The van der Waals surface area contributed by atoms with E-state index in [-0.39, 0.29) is 5.91 Å². The van der Waals surface area contributed by atoms with E-state index < -0.39 is 0 Å². The van der Waals surface area contributed by atoms with Crippen molar-refractivity contribution in [3.8, 4) is 0 Å². The number of rotatable bonds is 5. The van der Waals surface area contributed by atoms with Gasteiger partial charge in [0.2, 0.25) is 5.91 Å². The number of carbonyl (C=O) groups is 1. The molecule has 1 amide bonds. The highest BCUT2D eigenvalue weighted by atomic mass is 16.1. The van der Waals surface area contributed by atoms with Crippen LogP contribution in [0.5, 0.6) is 0 Å². The Labute approximate surface area is 93.0 Å². The molecule has 2 unspecified atom stereocenters. The van der Waals surface area contributed by atoms with Crippen molar-refractivity contribution in [1.29, 1.82) is 0 Å². The molecule has 3 nitrogen and oxygen atoms in total. The van der Waals surface area contributed by atoms with Crippen molar-refractivity contribution in [2.45, 2.75) is 39.5 Å². The molecule has 0 heterocycles. The minimum absolute atomic E-state index is 0.0584. The molecular formula is C12H24N2O. The molecule has 0 aromatic carbocycles. The van der Waals surface area contributed by atoms with Crippen LogP contribution in [-0.4, -0.2) is 25.5 Å². The summed E-state index contributed by atoms with van der Waals surface area (Å²) in [5.41, 5.74) is 0. The zero-order valence-corrected chi connectivity index (χ0v) is 10.0. The van der Waals surface area contributed by atoms with Gasteiger partial charge in [-0.3, -0.25) is 4.79 Å². The Balaban J connectivity index is 1.97. The summed E-state index contributed by atoms with van der Waals surface area (Å²) in [7, 11) is 0. The monoisotopic (exact) mass is 212 g/mol. The molecule has 0 aliphatic heterocycles. The Hall–Kier alpha value is -0.570. The third-order valence-corrected chi connectivity index (χ3v) is 3.15. The Bertz CT molecular complexity index is 194. The summed E-state index contributed by atoms with van der Waals surface area (Å²) >= 11 is 0. The van der Waals surface area contributed by atoms with Crippen molar-refractivity contribution < 1.29 is 4.79 Å². The van der Waals surface area contributed by atoms with Crippen LogP contribution in [0.2, 0.25) is 0 Å². The maximum atomic E-state index is 10.6. The van der Waals surface area contributed by atoms with Crippen LogP contribution in [0.15, 0.2) is 0 Å². The number of hydrogen-bond donors (Lipinski definition) is 2. The van der Waals surface area contributed by atoms with E-state index in [0.29, 0.717) is 0 Å². The Morgan fingerprint density at radius 3 is 2.80 bits per heavy atom. The zero-order chi connectivity index (χ0) is 11.1. The molecule has 0 radical (unpaired) electrons. The minimum atomic E-state index is 0.0584. The Morgan fingerprint density at radius 2 is 2.13 bits per heavy atom. The molecule has 0 spiro atoms. The normalized spacial score (nSPS) is 26.3. The first-order chi connectivity index (χ1) is 7.18. The van der Waals surface area contributed by atoms with Crippen LogP contribution in [0.3, 0.4) is 0 Å². The van der Waals surface area contributed by atoms with Crippen molar-refractivity contribution in [2.24, 2.45) is 11.8 Å². The van der Waals surface area contributed by atoms with Gasteiger partial charge in [0.25, 0.3) is 0 Å². The second kappa shape index (κ2) is 6.83. The summed E-state index contributed by atoms with van der Waals surface area (Å²) in [5, 5.41) is 6.21. The van der Waals surface area contributed by atoms with E-state index >= 15 is 0 Å². The third kappa shape index (κ3) is 5.78. The highest BCUT2D eigenvalue weighted by Gasteiger charge is 2.17. The van der Waals surface area contributed by atoms with Gasteiger partial charge in [0.15, 0.2) is 0 Å². The molecule has 0 aromatic heterocycles. The number of hydrogen-bond acceptors (Lipinski definition) is 2. The lowest BCUT2D eigenvalue weighted by atomic mass is 9.82. The maximum Gasteiger partial charge on any atom is 0.216 e. The summed E-state index contributed by atoms with van der Waals surface area (Å²) in [4.78, 5) is 10.6. The van der Waals surface area contributed by atoms with Gasteiger partial charge in [-0.2, -0.15) is 0 Å². The molecular weight excluding hydrogens is 188 g/mol. The smallest absolute Gasteiger partial charge is 0.216 e. The molecule has 1 aliphatic carbocycles. The number of amides is 1. The highest BCUT2D eigenvalue weighted by molar-refractivity contribution is 5.72. The molecule has 1 saturated carbocycles. The van der Waals surface area contributed by atoms with Crippen LogP contribution in [0, 0.1) is 11.8 Å². The summed E-state index contributed by atoms with van der Waals surface area (Å²) < 4.78 is 0. The molecule has 1 rings (SSSR count). The standard InChI is InChI=1S/C12H24N2O/c1-10-4-3-5-12(8-10)9-13-6-7-14-11(2)15/h10,12-13H,3-9H2,1-2H3,(H,14,15). The van der Waals surface area contributed by atoms with Gasteiger partial charge in [0.1, 0.15) is 0 Å². The van der Waals surface area contributed by atoms with Gasteiger partial charge in [0, 0.05) is 20.0 Å². The minimum Gasteiger partial charge on any atom is -0.355 e. The van der Waals surface area contributed by atoms with E-state index in [1.807, 2.05) is 0 Å². The number of nitrogens with one attached hydrogen (secondary N) is 2. The van der Waals surface area contributed by atoms with Crippen LogP contribution >= 0.6 is 0 Å². The SMILES string of the molecule is CC(=O)NCCNCC1CCCC(C)C1. The zero-order valence-electron chi connectivity index (χ0n) is 10.0. The highest BCUT2D eigenvalue weighted by Crippen LogP contribution is 2.27. The average Bonchev–Trinajstić information content (AvgIpc) is 2.17. The van der Waals surface area contributed by atoms with Gasteiger partial charge in [-0.15, -0.1) is 0 Å². The van der Waals surface area contributed by atoms with E-state index in [2.05, 4.69) is 17.6 Å². The van der Waals surface area contributed by atoms with Crippen LogP contribution in [0.1, 0.15) is 39.5 Å². The molecule has 0 saturated heterocycles. The third-order valence-electron chi connectivity index (χ3n) is 3.15. The second-order valence-electron chi connectivity index (χ2n) is 4.82. The first kappa shape index (κ1) is 12.5. The molecule has 1 aliphatic rings. The lowest BCUT2D eigenvalue weighted by Gasteiger charge is -2.26. The molecule has 0 aromatic rings. The fourth-order valence-electron chi connectivity index (χ4n) is 2.38. The van der Waals surface area contributed by atoms with Gasteiger partial charge in [0.05, 0.1) is 0 Å². The van der Waals surface area contributed by atoms with E-state index in [4.69, 9.17) is 0 Å². The number of carbonyl (C=O) groups excluding carboxylic acids is 1. The van der Waals surface area contributed by atoms with Crippen LogP contribution in [0.4, 0.5) is 0 Å². The average molecular weight is 212 g/mol. The van der Waals surface area contributed by atoms with Crippen molar-refractivity contribution in [2.75, 3.05) is 19.6 Å². The summed E-state index contributed by atoms with van der Waals surface area (Å²) in [5.74, 6) is 1.81. The predicted octanol–water partition coefficient (Wildman–Crippen LogP) is 1.54. The first-order valence-corrected chi connectivity index (χ1v) is 6.13. The largest absolute Gasteiger partial charge is 0.355 e.